The van der Waals surface area contributed by atoms with E-state index in [4.69, 9.17) is 9.97 Å². The molecule has 0 bridgehead atoms. The van der Waals surface area contributed by atoms with Crippen LogP contribution < -0.4 is 10.2 Å². The second kappa shape index (κ2) is 7.89. The van der Waals surface area contributed by atoms with E-state index >= 15 is 0 Å². The van der Waals surface area contributed by atoms with Gasteiger partial charge in [-0.05, 0) is 39.0 Å². The van der Waals surface area contributed by atoms with E-state index in [0.29, 0.717) is 11.9 Å². The Labute approximate surface area is 166 Å². The number of hydrogen-bond acceptors (Lipinski definition) is 5. The highest BCUT2D eigenvalue weighted by Gasteiger charge is 2.28. The van der Waals surface area contributed by atoms with Crippen LogP contribution >= 0.6 is 0 Å². The van der Waals surface area contributed by atoms with Crippen molar-refractivity contribution in [2.24, 2.45) is 7.05 Å². The van der Waals surface area contributed by atoms with Gasteiger partial charge in [-0.1, -0.05) is 19.3 Å². The van der Waals surface area contributed by atoms with E-state index < -0.39 is 0 Å². The summed E-state index contributed by atoms with van der Waals surface area (Å²) in [5, 5.41) is 3.25. The largest absolute Gasteiger partial charge is 0.352 e. The third-order valence-corrected chi connectivity index (χ3v) is 6.09. The number of likely N-dealkylation sites (N-methyl/N-ethyl adjacent to an activating group) is 1. The van der Waals surface area contributed by atoms with Crippen LogP contribution in [0.1, 0.15) is 56.7 Å². The molecule has 1 N–H and O–H groups in total. The summed E-state index contributed by atoms with van der Waals surface area (Å²) in [7, 11) is 3.91. The SMILES string of the molecule is C[C@H](C(=O)NC1CCCCC1)N(C)c1nc(-c2cn(C)cn2)nc2c1CCC2. The van der Waals surface area contributed by atoms with Crippen molar-refractivity contribution in [3.63, 3.8) is 0 Å². The molecule has 2 aliphatic carbocycles. The monoisotopic (exact) mass is 382 g/mol. The molecule has 0 radical (unpaired) electrons. The zero-order valence-corrected chi connectivity index (χ0v) is 17.1. The summed E-state index contributed by atoms with van der Waals surface area (Å²) >= 11 is 0. The summed E-state index contributed by atoms with van der Waals surface area (Å²) in [6.45, 7) is 1.96. The summed E-state index contributed by atoms with van der Waals surface area (Å²) in [5.41, 5.74) is 3.04. The Morgan fingerprint density at radius 3 is 2.71 bits per heavy atom. The van der Waals surface area contributed by atoms with Crippen LogP contribution in [0.3, 0.4) is 0 Å². The Balaban J connectivity index is 1.58. The number of nitrogens with zero attached hydrogens (tertiary/aromatic N) is 5. The first-order chi connectivity index (χ1) is 13.5. The van der Waals surface area contributed by atoms with Crippen LogP contribution in [0.2, 0.25) is 0 Å². The standard InChI is InChI=1S/C21H30N6O/c1-14(21(28)23-15-8-5-4-6-9-15)27(3)20-16-10-7-11-17(16)24-19(25-20)18-12-26(2)13-22-18/h12-15H,4-11H2,1-3H3,(H,23,28)/t14-/m1/s1. The van der Waals surface area contributed by atoms with Crippen molar-refractivity contribution >= 4 is 11.7 Å². The Hall–Kier alpha value is -2.44. The topological polar surface area (TPSA) is 75.9 Å². The van der Waals surface area contributed by atoms with Gasteiger partial charge in [0.15, 0.2) is 5.82 Å². The van der Waals surface area contributed by atoms with Crippen LogP contribution in [0, 0.1) is 0 Å². The summed E-state index contributed by atoms with van der Waals surface area (Å²) in [6, 6.07) is 0.0374. The molecule has 2 aromatic rings. The number of amides is 1. The average Bonchev–Trinajstić information content (AvgIpc) is 3.35. The van der Waals surface area contributed by atoms with Gasteiger partial charge in [-0.15, -0.1) is 0 Å². The summed E-state index contributed by atoms with van der Waals surface area (Å²) < 4.78 is 1.90. The number of carbonyl (C=O) groups is 1. The van der Waals surface area contributed by atoms with E-state index in [1.165, 1.54) is 24.8 Å². The molecule has 1 amide bonds. The second-order valence-electron chi connectivity index (χ2n) is 8.20. The molecule has 1 atom stereocenters. The summed E-state index contributed by atoms with van der Waals surface area (Å²) in [4.78, 5) is 28.9. The molecule has 2 heterocycles. The van der Waals surface area contributed by atoms with Gasteiger partial charge in [0.2, 0.25) is 5.91 Å². The molecule has 0 spiro atoms. The average molecular weight is 383 g/mol. The van der Waals surface area contributed by atoms with Gasteiger partial charge in [-0.2, -0.15) is 0 Å². The fourth-order valence-electron chi connectivity index (χ4n) is 4.28. The van der Waals surface area contributed by atoms with Crippen molar-refractivity contribution in [3.05, 3.63) is 23.8 Å². The van der Waals surface area contributed by atoms with E-state index in [-0.39, 0.29) is 11.9 Å². The zero-order valence-electron chi connectivity index (χ0n) is 17.1. The lowest BCUT2D eigenvalue weighted by atomic mass is 9.95. The van der Waals surface area contributed by atoms with Gasteiger partial charge in [0.1, 0.15) is 17.6 Å². The lowest BCUT2D eigenvalue weighted by Crippen LogP contribution is -2.48. The summed E-state index contributed by atoms with van der Waals surface area (Å²) in [6.07, 6.45) is 12.6. The van der Waals surface area contributed by atoms with Crippen molar-refractivity contribution in [1.29, 1.82) is 0 Å². The van der Waals surface area contributed by atoms with E-state index in [1.807, 2.05) is 36.7 Å². The van der Waals surface area contributed by atoms with Crippen molar-refractivity contribution in [3.8, 4) is 11.5 Å². The molecule has 28 heavy (non-hydrogen) atoms. The van der Waals surface area contributed by atoms with Crippen LogP contribution in [-0.4, -0.2) is 44.6 Å². The second-order valence-corrected chi connectivity index (χ2v) is 8.20. The van der Waals surface area contributed by atoms with Crippen LogP contribution in [0.5, 0.6) is 0 Å². The Bertz CT molecular complexity index is 855. The first kappa shape index (κ1) is 18.9. The third kappa shape index (κ3) is 3.75. The van der Waals surface area contributed by atoms with Crippen LogP contribution in [0.25, 0.3) is 11.5 Å². The number of fused-ring (bicyclic) bond motifs is 1. The van der Waals surface area contributed by atoms with Crippen molar-refractivity contribution in [2.45, 2.75) is 70.4 Å². The first-order valence-electron chi connectivity index (χ1n) is 10.4. The van der Waals surface area contributed by atoms with Gasteiger partial charge in [-0.25, -0.2) is 15.0 Å². The number of aromatic nitrogens is 4. The number of imidazole rings is 1. The van der Waals surface area contributed by atoms with E-state index in [1.54, 1.807) is 6.33 Å². The maximum atomic E-state index is 12.9. The van der Waals surface area contributed by atoms with Crippen molar-refractivity contribution in [1.82, 2.24) is 24.8 Å². The van der Waals surface area contributed by atoms with E-state index in [2.05, 4.69) is 10.3 Å². The number of anilines is 1. The number of rotatable bonds is 5. The minimum atomic E-state index is -0.280. The fraction of sp³-hybridized carbons (Fsp3) is 0.619. The molecule has 150 valence electrons. The maximum Gasteiger partial charge on any atom is 0.242 e. The minimum absolute atomic E-state index is 0.0825. The normalized spacial score (nSPS) is 18.0. The van der Waals surface area contributed by atoms with Crippen molar-refractivity contribution < 1.29 is 4.79 Å². The quantitative estimate of drug-likeness (QED) is 0.860. The van der Waals surface area contributed by atoms with Gasteiger partial charge in [0.25, 0.3) is 0 Å². The molecule has 0 saturated heterocycles. The smallest absolute Gasteiger partial charge is 0.242 e. The van der Waals surface area contributed by atoms with Gasteiger partial charge in [-0.3, -0.25) is 4.79 Å². The number of carbonyl (C=O) groups excluding carboxylic acids is 1. The molecular weight excluding hydrogens is 352 g/mol. The van der Waals surface area contributed by atoms with Crippen molar-refractivity contribution in [2.75, 3.05) is 11.9 Å². The molecule has 0 unspecified atom stereocenters. The van der Waals surface area contributed by atoms with Gasteiger partial charge in [0.05, 0.1) is 6.33 Å². The lowest BCUT2D eigenvalue weighted by Gasteiger charge is -2.30. The molecule has 1 fully saturated rings. The number of nitrogens with one attached hydrogen (secondary N) is 1. The van der Waals surface area contributed by atoms with Crippen LogP contribution in [0.4, 0.5) is 5.82 Å². The number of aryl methyl sites for hydroxylation is 2. The number of hydrogen-bond donors (Lipinski definition) is 1. The van der Waals surface area contributed by atoms with Gasteiger partial charge < -0.3 is 14.8 Å². The lowest BCUT2D eigenvalue weighted by molar-refractivity contribution is -0.122. The predicted molar refractivity (Wildman–Crippen MR) is 109 cm³/mol. The molecule has 7 heteroatoms. The molecule has 2 aliphatic rings. The fourth-order valence-corrected chi connectivity index (χ4v) is 4.28. The van der Waals surface area contributed by atoms with Gasteiger partial charge >= 0.3 is 0 Å². The highest BCUT2D eigenvalue weighted by molar-refractivity contribution is 5.85. The molecule has 2 aromatic heterocycles. The Morgan fingerprint density at radius 1 is 1.21 bits per heavy atom. The molecule has 7 nitrogen and oxygen atoms in total. The highest BCUT2D eigenvalue weighted by Crippen LogP contribution is 2.31. The van der Waals surface area contributed by atoms with Crippen LogP contribution in [-0.2, 0) is 24.7 Å². The molecule has 4 rings (SSSR count). The Kier molecular flexibility index (Phi) is 5.33. The molecule has 1 saturated carbocycles. The van der Waals surface area contributed by atoms with Crippen LogP contribution in [0.15, 0.2) is 12.5 Å². The highest BCUT2D eigenvalue weighted by atomic mass is 16.2. The Morgan fingerprint density at radius 2 is 2.00 bits per heavy atom. The van der Waals surface area contributed by atoms with E-state index in [9.17, 15) is 4.79 Å². The van der Waals surface area contributed by atoms with Gasteiger partial charge in [0, 0.05) is 37.6 Å². The summed E-state index contributed by atoms with van der Waals surface area (Å²) in [5.74, 6) is 1.59. The minimum Gasteiger partial charge on any atom is -0.352 e. The maximum absolute atomic E-state index is 12.9. The third-order valence-electron chi connectivity index (χ3n) is 6.09. The van der Waals surface area contributed by atoms with E-state index in [0.717, 1.165) is 49.3 Å². The zero-order chi connectivity index (χ0) is 19.7. The first-order valence-corrected chi connectivity index (χ1v) is 10.4. The molecule has 0 aliphatic heterocycles. The molecular formula is C21H30N6O. The predicted octanol–water partition coefficient (Wildman–Crippen LogP) is 2.64. The molecule has 0 aromatic carbocycles.